The summed E-state index contributed by atoms with van der Waals surface area (Å²) in [4.78, 5) is 14.1. The Kier molecular flexibility index (Phi) is 8.97. The Labute approximate surface area is 201 Å². The smallest absolute Gasteiger partial charge is 0.264 e. The zero-order chi connectivity index (χ0) is 23.7. The summed E-state index contributed by atoms with van der Waals surface area (Å²) in [5.41, 5.74) is 2.39. The van der Waals surface area contributed by atoms with Gasteiger partial charge in [0, 0.05) is 11.4 Å². The molecule has 0 saturated carbocycles. The van der Waals surface area contributed by atoms with Crippen molar-refractivity contribution in [2.45, 2.75) is 36.5 Å². The molecule has 1 N–H and O–H groups in total. The van der Waals surface area contributed by atoms with Crippen LogP contribution in [0, 0.1) is 6.92 Å². The van der Waals surface area contributed by atoms with Gasteiger partial charge in [-0.2, -0.15) is 0 Å². The highest BCUT2D eigenvalue weighted by atomic mass is 32.2. The van der Waals surface area contributed by atoms with Gasteiger partial charge in [-0.25, -0.2) is 8.42 Å². The molecule has 3 aromatic rings. The fourth-order valence-electron chi connectivity index (χ4n) is 3.38. The summed E-state index contributed by atoms with van der Waals surface area (Å²) in [6, 6.07) is 24.1. The van der Waals surface area contributed by atoms with E-state index < -0.39 is 10.0 Å². The molecule has 0 saturated heterocycles. The van der Waals surface area contributed by atoms with Crippen LogP contribution in [0.5, 0.6) is 0 Å². The summed E-state index contributed by atoms with van der Waals surface area (Å²) in [6.45, 7) is 4.11. The molecule has 7 heteroatoms. The van der Waals surface area contributed by atoms with Crippen LogP contribution in [0.4, 0.5) is 5.69 Å². The summed E-state index contributed by atoms with van der Waals surface area (Å²) in [5.74, 6) is 0.551. The number of benzene rings is 3. The van der Waals surface area contributed by atoms with Gasteiger partial charge in [0.2, 0.25) is 5.91 Å². The summed E-state index contributed by atoms with van der Waals surface area (Å²) >= 11 is 1.73. The first-order valence-electron chi connectivity index (χ1n) is 11.0. The molecule has 0 heterocycles. The molecule has 3 aromatic carbocycles. The maximum absolute atomic E-state index is 13.5. The highest BCUT2D eigenvalue weighted by molar-refractivity contribution is 7.99. The van der Waals surface area contributed by atoms with Crippen LogP contribution in [0.2, 0.25) is 0 Å². The van der Waals surface area contributed by atoms with Gasteiger partial charge in [0.25, 0.3) is 10.0 Å². The Morgan fingerprint density at radius 1 is 0.939 bits per heavy atom. The molecule has 5 nitrogen and oxygen atoms in total. The highest BCUT2D eigenvalue weighted by Crippen LogP contribution is 2.27. The zero-order valence-corrected chi connectivity index (χ0v) is 20.7. The number of anilines is 1. The topological polar surface area (TPSA) is 66.5 Å². The molecule has 0 radical (unpaired) electrons. The lowest BCUT2D eigenvalue weighted by Crippen LogP contribution is -2.41. The molecule has 0 bridgehead atoms. The number of sulfonamides is 1. The maximum Gasteiger partial charge on any atom is 0.264 e. The van der Waals surface area contributed by atoms with Gasteiger partial charge in [0.05, 0.1) is 10.6 Å². The standard InChI is InChI=1S/C26H30N2O3S2/c1-3-22-10-7-8-13-25(22)28(33(30,31)24-16-14-21(2)15-17-24)20-26(29)27-18-9-19-32-23-11-5-4-6-12-23/h4-8,10-17H,3,9,18-20H2,1-2H3,(H,27,29). The van der Waals surface area contributed by atoms with Gasteiger partial charge in [-0.3, -0.25) is 9.10 Å². The number of aryl methyl sites for hydroxylation is 2. The number of nitrogens with zero attached hydrogens (tertiary/aromatic N) is 1. The average Bonchev–Trinajstić information content (AvgIpc) is 2.83. The molecule has 0 spiro atoms. The van der Waals surface area contributed by atoms with Gasteiger partial charge < -0.3 is 5.32 Å². The van der Waals surface area contributed by atoms with E-state index in [-0.39, 0.29) is 17.3 Å². The van der Waals surface area contributed by atoms with Crippen LogP contribution in [0.15, 0.2) is 88.7 Å². The third-order valence-corrected chi connectivity index (χ3v) is 8.06. The van der Waals surface area contributed by atoms with Crippen molar-refractivity contribution in [3.63, 3.8) is 0 Å². The molecule has 0 aliphatic heterocycles. The number of hydrogen-bond donors (Lipinski definition) is 1. The minimum Gasteiger partial charge on any atom is -0.354 e. The molecule has 174 valence electrons. The van der Waals surface area contributed by atoms with Crippen molar-refractivity contribution in [3.05, 3.63) is 90.0 Å². The van der Waals surface area contributed by atoms with E-state index in [1.165, 1.54) is 9.20 Å². The fraction of sp³-hybridized carbons (Fsp3) is 0.269. The van der Waals surface area contributed by atoms with E-state index in [0.29, 0.717) is 18.7 Å². The van der Waals surface area contributed by atoms with E-state index in [1.807, 2.05) is 44.2 Å². The summed E-state index contributed by atoms with van der Waals surface area (Å²) in [6.07, 6.45) is 1.45. The second kappa shape index (κ2) is 11.9. The van der Waals surface area contributed by atoms with E-state index in [9.17, 15) is 13.2 Å². The van der Waals surface area contributed by atoms with Crippen molar-refractivity contribution in [2.24, 2.45) is 0 Å². The van der Waals surface area contributed by atoms with Crippen molar-refractivity contribution in [1.82, 2.24) is 5.32 Å². The number of carbonyl (C=O) groups is 1. The normalized spacial score (nSPS) is 11.2. The molecular weight excluding hydrogens is 452 g/mol. The second-order valence-electron chi connectivity index (χ2n) is 7.67. The maximum atomic E-state index is 13.5. The highest BCUT2D eigenvalue weighted by Gasteiger charge is 2.28. The summed E-state index contributed by atoms with van der Waals surface area (Å²) in [7, 11) is -3.90. The number of rotatable bonds is 11. The minimum absolute atomic E-state index is 0.172. The number of amides is 1. The van der Waals surface area contributed by atoms with Crippen molar-refractivity contribution in [3.8, 4) is 0 Å². The average molecular weight is 483 g/mol. The molecule has 0 aromatic heterocycles. The molecule has 3 rings (SSSR count). The molecule has 0 fully saturated rings. The number of thioether (sulfide) groups is 1. The molecule has 0 unspecified atom stereocenters. The Morgan fingerprint density at radius 2 is 1.61 bits per heavy atom. The second-order valence-corrected chi connectivity index (χ2v) is 10.7. The van der Waals surface area contributed by atoms with Crippen LogP contribution in [0.25, 0.3) is 0 Å². The van der Waals surface area contributed by atoms with Crippen LogP contribution in [0.3, 0.4) is 0 Å². The fourth-order valence-corrected chi connectivity index (χ4v) is 5.72. The van der Waals surface area contributed by atoms with Crippen LogP contribution >= 0.6 is 11.8 Å². The predicted molar refractivity (Wildman–Crippen MR) is 136 cm³/mol. The largest absolute Gasteiger partial charge is 0.354 e. The lowest BCUT2D eigenvalue weighted by atomic mass is 10.1. The number of nitrogens with one attached hydrogen (secondary N) is 1. The lowest BCUT2D eigenvalue weighted by molar-refractivity contribution is -0.119. The Morgan fingerprint density at radius 3 is 2.30 bits per heavy atom. The monoisotopic (exact) mass is 482 g/mol. The van der Waals surface area contributed by atoms with Crippen LogP contribution in [0.1, 0.15) is 24.5 Å². The van der Waals surface area contributed by atoms with E-state index >= 15 is 0 Å². The molecule has 0 aliphatic carbocycles. The van der Waals surface area contributed by atoms with Crippen molar-refractivity contribution in [1.29, 1.82) is 0 Å². The van der Waals surface area contributed by atoms with Crippen LogP contribution in [-0.4, -0.2) is 33.2 Å². The van der Waals surface area contributed by atoms with E-state index in [2.05, 4.69) is 17.4 Å². The first-order valence-corrected chi connectivity index (χ1v) is 13.5. The molecule has 0 aliphatic rings. The predicted octanol–water partition coefficient (Wildman–Crippen LogP) is 5.05. The van der Waals surface area contributed by atoms with Gasteiger partial charge in [0.15, 0.2) is 0 Å². The minimum atomic E-state index is -3.90. The SMILES string of the molecule is CCc1ccccc1N(CC(=O)NCCCSc1ccccc1)S(=O)(=O)c1ccc(C)cc1. The van der Waals surface area contributed by atoms with Gasteiger partial charge in [-0.1, -0.05) is 61.0 Å². The van der Waals surface area contributed by atoms with Crippen LogP contribution < -0.4 is 9.62 Å². The summed E-state index contributed by atoms with van der Waals surface area (Å²) < 4.78 is 28.3. The van der Waals surface area contributed by atoms with Crippen molar-refractivity contribution < 1.29 is 13.2 Å². The van der Waals surface area contributed by atoms with Crippen LogP contribution in [-0.2, 0) is 21.2 Å². The van der Waals surface area contributed by atoms with Gasteiger partial charge in [0.1, 0.15) is 6.54 Å². The van der Waals surface area contributed by atoms with E-state index in [1.54, 1.807) is 48.2 Å². The van der Waals surface area contributed by atoms with Crippen molar-refractivity contribution >= 4 is 33.4 Å². The number of carbonyl (C=O) groups excluding carboxylic acids is 1. The van der Waals surface area contributed by atoms with Gasteiger partial charge >= 0.3 is 0 Å². The lowest BCUT2D eigenvalue weighted by Gasteiger charge is -2.26. The quantitative estimate of drug-likeness (QED) is 0.307. The van der Waals surface area contributed by atoms with Gasteiger partial charge in [-0.15, -0.1) is 11.8 Å². The first kappa shape index (κ1) is 24.9. The third-order valence-electron chi connectivity index (χ3n) is 5.19. The van der Waals surface area contributed by atoms with Gasteiger partial charge in [-0.05, 0) is 61.4 Å². The Hall–Kier alpha value is -2.77. The third kappa shape index (κ3) is 6.85. The zero-order valence-electron chi connectivity index (χ0n) is 19.0. The molecular formula is C26H30N2O3S2. The first-order chi connectivity index (χ1) is 15.9. The van der Waals surface area contributed by atoms with E-state index in [4.69, 9.17) is 0 Å². The number of para-hydroxylation sites is 1. The molecule has 33 heavy (non-hydrogen) atoms. The molecule has 0 atom stereocenters. The van der Waals surface area contributed by atoms with E-state index in [0.717, 1.165) is 23.3 Å². The Balaban J connectivity index is 1.70. The molecule has 1 amide bonds. The van der Waals surface area contributed by atoms with Crippen molar-refractivity contribution in [2.75, 3.05) is 23.1 Å². The number of hydrogen-bond acceptors (Lipinski definition) is 4. The Bertz CT molecular complexity index is 1150. The summed E-state index contributed by atoms with van der Waals surface area (Å²) in [5, 5.41) is 2.88.